The average molecular weight is 212 g/mol. The second-order valence-electron chi connectivity index (χ2n) is 3.93. The van der Waals surface area contributed by atoms with Crippen LogP contribution in [0.1, 0.15) is 27.7 Å². The molecule has 0 rings (SSSR count). The number of rotatable bonds is 4. The molecular formula is C9H19Cl2N. The Bertz CT molecular complexity index is 111. The van der Waals surface area contributed by atoms with Gasteiger partial charge in [0.25, 0.3) is 0 Å². The van der Waals surface area contributed by atoms with E-state index in [1.54, 1.807) is 0 Å². The highest BCUT2D eigenvalue weighted by atomic mass is 35.5. The quantitative estimate of drug-likeness (QED) is 0.712. The fourth-order valence-corrected chi connectivity index (χ4v) is 2.92. The molecule has 0 aromatic carbocycles. The minimum atomic E-state index is -0.387. The van der Waals surface area contributed by atoms with Crippen molar-refractivity contribution in [3.05, 3.63) is 0 Å². The molecule has 0 aromatic heterocycles. The molecule has 0 aliphatic carbocycles. The van der Waals surface area contributed by atoms with E-state index < -0.39 is 0 Å². The fraction of sp³-hybridized carbons (Fsp3) is 1.00. The lowest BCUT2D eigenvalue weighted by atomic mass is 9.70. The lowest BCUT2D eigenvalue weighted by Crippen LogP contribution is -2.45. The Morgan fingerprint density at radius 2 is 1.42 bits per heavy atom. The molecule has 0 fully saturated rings. The van der Waals surface area contributed by atoms with Crippen molar-refractivity contribution in [2.75, 3.05) is 6.54 Å². The summed E-state index contributed by atoms with van der Waals surface area (Å²) in [7, 11) is 0. The molecule has 1 nitrogen and oxygen atoms in total. The summed E-state index contributed by atoms with van der Waals surface area (Å²) < 4.78 is 0. The van der Waals surface area contributed by atoms with Crippen molar-refractivity contribution in [2.45, 2.75) is 32.5 Å². The van der Waals surface area contributed by atoms with E-state index in [-0.39, 0.29) is 10.3 Å². The maximum atomic E-state index is 5.98. The molecule has 2 N–H and O–H groups in total. The molecule has 0 radical (unpaired) electrons. The Hall–Kier alpha value is 0.540. The molecule has 74 valence electrons. The van der Waals surface area contributed by atoms with Gasteiger partial charge in [-0.15, -0.1) is 23.2 Å². The van der Waals surface area contributed by atoms with Crippen LogP contribution in [0.3, 0.4) is 0 Å². The van der Waals surface area contributed by atoms with Crippen LogP contribution < -0.4 is 5.73 Å². The maximum Gasteiger partial charge on any atom is 0.115 e. The van der Waals surface area contributed by atoms with Crippen LogP contribution >= 0.6 is 23.2 Å². The zero-order valence-corrected chi connectivity index (χ0v) is 9.78. The minimum Gasteiger partial charge on any atom is -0.330 e. The molecule has 0 aromatic rings. The molecular weight excluding hydrogens is 193 g/mol. The molecule has 12 heavy (non-hydrogen) atoms. The first-order valence-electron chi connectivity index (χ1n) is 4.37. The number of halogens is 2. The SMILES string of the molecule is CC(C)C(CN)(C(C)C)C(Cl)Cl. The van der Waals surface area contributed by atoms with Crippen LogP contribution in [0.5, 0.6) is 0 Å². The van der Waals surface area contributed by atoms with Crippen LogP contribution in [-0.4, -0.2) is 11.4 Å². The summed E-state index contributed by atoms with van der Waals surface area (Å²) in [4.78, 5) is -0.387. The van der Waals surface area contributed by atoms with Gasteiger partial charge in [0, 0.05) is 12.0 Å². The van der Waals surface area contributed by atoms with E-state index in [0.29, 0.717) is 18.4 Å². The normalized spacial score (nSPS) is 13.5. The third-order valence-corrected chi connectivity index (χ3v) is 3.72. The Kier molecular flexibility index (Phi) is 4.90. The van der Waals surface area contributed by atoms with Gasteiger partial charge in [0.2, 0.25) is 0 Å². The van der Waals surface area contributed by atoms with Crippen molar-refractivity contribution < 1.29 is 0 Å². The van der Waals surface area contributed by atoms with E-state index in [0.717, 1.165) is 0 Å². The largest absolute Gasteiger partial charge is 0.330 e. The first-order chi connectivity index (χ1) is 5.39. The molecule has 0 saturated heterocycles. The Labute approximate surface area is 85.6 Å². The number of nitrogens with two attached hydrogens (primary N) is 1. The summed E-state index contributed by atoms with van der Waals surface area (Å²) in [6.45, 7) is 9.00. The maximum absolute atomic E-state index is 5.98. The number of hydrogen-bond acceptors (Lipinski definition) is 1. The first-order valence-corrected chi connectivity index (χ1v) is 5.25. The van der Waals surface area contributed by atoms with Gasteiger partial charge in [0.15, 0.2) is 0 Å². The highest BCUT2D eigenvalue weighted by Gasteiger charge is 2.41. The molecule has 3 heteroatoms. The topological polar surface area (TPSA) is 26.0 Å². The van der Waals surface area contributed by atoms with Crippen molar-refractivity contribution in [1.29, 1.82) is 0 Å². The van der Waals surface area contributed by atoms with Gasteiger partial charge >= 0.3 is 0 Å². The van der Waals surface area contributed by atoms with Gasteiger partial charge in [0.05, 0.1) is 0 Å². The van der Waals surface area contributed by atoms with E-state index in [2.05, 4.69) is 27.7 Å². The van der Waals surface area contributed by atoms with Gasteiger partial charge in [-0.3, -0.25) is 0 Å². The van der Waals surface area contributed by atoms with Crippen molar-refractivity contribution in [2.24, 2.45) is 23.0 Å². The molecule has 0 spiro atoms. The smallest absolute Gasteiger partial charge is 0.115 e. The van der Waals surface area contributed by atoms with Crippen molar-refractivity contribution >= 4 is 23.2 Å². The monoisotopic (exact) mass is 211 g/mol. The average Bonchev–Trinajstić information content (AvgIpc) is 1.86. The van der Waals surface area contributed by atoms with E-state index in [1.807, 2.05) is 0 Å². The molecule has 0 amide bonds. The molecule has 0 aliphatic heterocycles. The third-order valence-electron chi connectivity index (χ3n) is 2.91. The van der Waals surface area contributed by atoms with Crippen LogP contribution in [0, 0.1) is 17.3 Å². The van der Waals surface area contributed by atoms with Gasteiger partial charge in [0.1, 0.15) is 4.84 Å². The van der Waals surface area contributed by atoms with Crippen molar-refractivity contribution in [3.63, 3.8) is 0 Å². The zero-order valence-electron chi connectivity index (χ0n) is 8.27. The minimum absolute atomic E-state index is 0.150. The predicted octanol–water partition coefficient (Wildman–Crippen LogP) is 3.05. The summed E-state index contributed by atoms with van der Waals surface area (Å²) in [5.41, 5.74) is 5.59. The van der Waals surface area contributed by atoms with Crippen LogP contribution in [-0.2, 0) is 0 Å². The van der Waals surface area contributed by atoms with Crippen LogP contribution in [0.2, 0.25) is 0 Å². The Balaban J connectivity index is 4.77. The summed E-state index contributed by atoms with van der Waals surface area (Å²) in [6.07, 6.45) is 0. The zero-order chi connectivity index (χ0) is 9.94. The summed E-state index contributed by atoms with van der Waals surface area (Å²) in [6, 6.07) is 0. The van der Waals surface area contributed by atoms with Crippen LogP contribution in [0.4, 0.5) is 0 Å². The predicted molar refractivity (Wildman–Crippen MR) is 56.7 cm³/mol. The van der Waals surface area contributed by atoms with Gasteiger partial charge in [-0.2, -0.15) is 0 Å². The standard InChI is InChI=1S/C9H19Cl2N/c1-6(2)9(5-12,7(3)4)8(10)11/h6-8H,5,12H2,1-4H3. The molecule has 0 bridgehead atoms. The van der Waals surface area contributed by atoms with E-state index >= 15 is 0 Å². The lowest BCUT2D eigenvalue weighted by molar-refractivity contribution is 0.140. The fourth-order valence-electron chi connectivity index (χ4n) is 1.73. The van der Waals surface area contributed by atoms with Gasteiger partial charge in [-0.1, -0.05) is 27.7 Å². The van der Waals surface area contributed by atoms with E-state index in [1.165, 1.54) is 0 Å². The lowest BCUT2D eigenvalue weighted by Gasteiger charge is -2.41. The third kappa shape index (κ3) is 2.07. The van der Waals surface area contributed by atoms with Crippen LogP contribution in [0.15, 0.2) is 0 Å². The summed E-state index contributed by atoms with van der Waals surface area (Å²) in [5.74, 6) is 0.810. The Morgan fingerprint density at radius 3 is 1.42 bits per heavy atom. The molecule has 0 aliphatic rings. The summed E-state index contributed by atoms with van der Waals surface area (Å²) >= 11 is 12.0. The summed E-state index contributed by atoms with van der Waals surface area (Å²) in [5, 5.41) is 0. The van der Waals surface area contributed by atoms with Gasteiger partial charge < -0.3 is 5.73 Å². The van der Waals surface area contributed by atoms with Crippen LogP contribution in [0.25, 0.3) is 0 Å². The highest BCUT2D eigenvalue weighted by molar-refractivity contribution is 6.44. The molecule has 0 atom stereocenters. The number of hydrogen-bond donors (Lipinski definition) is 1. The van der Waals surface area contributed by atoms with E-state index in [4.69, 9.17) is 28.9 Å². The highest BCUT2D eigenvalue weighted by Crippen LogP contribution is 2.42. The molecule has 0 heterocycles. The van der Waals surface area contributed by atoms with Crippen molar-refractivity contribution in [1.82, 2.24) is 0 Å². The molecule has 0 unspecified atom stereocenters. The Morgan fingerprint density at radius 1 is 1.08 bits per heavy atom. The van der Waals surface area contributed by atoms with Gasteiger partial charge in [-0.25, -0.2) is 0 Å². The van der Waals surface area contributed by atoms with Gasteiger partial charge in [-0.05, 0) is 11.8 Å². The number of alkyl halides is 2. The molecule has 0 saturated carbocycles. The van der Waals surface area contributed by atoms with Crippen molar-refractivity contribution in [3.8, 4) is 0 Å². The van der Waals surface area contributed by atoms with E-state index in [9.17, 15) is 0 Å². The first kappa shape index (κ1) is 12.5. The second kappa shape index (κ2) is 4.69. The second-order valence-corrected chi connectivity index (χ2v) is 5.02.